The summed E-state index contributed by atoms with van der Waals surface area (Å²) in [7, 11) is 0. The largest absolute Gasteiger partial charge is 0.304 e. The van der Waals surface area contributed by atoms with Crippen LogP contribution in [-0.4, -0.2) is 4.98 Å². The summed E-state index contributed by atoms with van der Waals surface area (Å²) in [5.74, 6) is 0. The zero-order valence-corrected chi connectivity index (χ0v) is 22.5. The van der Waals surface area contributed by atoms with E-state index >= 15 is 0 Å². The fourth-order valence-corrected chi connectivity index (χ4v) is 6.67. The molecule has 0 amide bonds. The Morgan fingerprint density at radius 1 is 0.667 bits per heavy atom. The van der Waals surface area contributed by atoms with Gasteiger partial charge in [-0.1, -0.05) is 77.9 Å². The first-order valence-corrected chi connectivity index (χ1v) is 12.7. The van der Waals surface area contributed by atoms with E-state index in [0.717, 1.165) is 36.9 Å². The van der Waals surface area contributed by atoms with Crippen LogP contribution in [-0.2, 0) is 45.8 Å². The van der Waals surface area contributed by atoms with Gasteiger partial charge < -0.3 is 4.98 Å². The van der Waals surface area contributed by atoms with Crippen LogP contribution in [0.5, 0.6) is 0 Å². The smallest absolute Gasteiger partial charge is 0.0196 e. The van der Waals surface area contributed by atoms with Crippen LogP contribution in [0, 0.1) is 13.0 Å². The summed E-state index contributed by atoms with van der Waals surface area (Å²) >= 11 is 0. The second-order valence-corrected chi connectivity index (χ2v) is 10.2. The van der Waals surface area contributed by atoms with Crippen LogP contribution >= 0.6 is 0 Å². The molecular weight excluding hydrogens is 615 g/mol. The van der Waals surface area contributed by atoms with Crippen LogP contribution < -0.4 is 0 Å². The van der Waals surface area contributed by atoms with E-state index in [1.807, 2.05) is 0 Å². The SMILES string of the molecule is Cc1cnc(-c2[c-]c3c4c(c2)CCc2cccc(c2-4)CC3)c2ccc3c4ccccc4ccc3c12.[Ir]. The minimum absolute atomic E-state index is 0. The molecule has 1 nitrogen and oxygen atoms in total. The van der Waals surface area contributed by atoms with Crippen molar-refractivity contribution in [1.82, 2.24) is 4.98 Å². The molecule has 36 heavy (non-hydrogen) atoms. The van der Waals surface area contributed by atoms with Gasteiger partial charge in [0.05, 0.1) is 0 Å². The molecule has 0 N–H and O–H groups in total. The summed E-state index contributed by atoms with van der Waals surface area (Å²) in [4.78, 5) is 5.00. The molecule has 6 aromatic rings. The summed E-state index contributed by atoms with van der Waals surface area (Å²) in [5.41, 5.74) is 12.3. The Balaban J connectivity index is 0.00000220. The molecular formula is C34H24IrN-. The summed E-state index contributed by atoms with van der Waals surface area (Å²) < 4.78 is 0. The van der Waals surface area contributed by atoms with E-state index in [-0.39, 0.29) is 20.1 Å². The number of hydrogen-bond donors (Lipinski definition) is 0. The molecule has 1 aromatic heterocycles. The predicted octanol–water partition coefficient (Wildman–Crippen LogP) is 8.18. The van der Waals surface area contributed by atoms with Gasteiger partial charge in [0.15, 0.2) is 0 Å². The van der Waals surface area contributed by atoms with Crippen molar-refractivity contribution in [3.63, 3.8) is 0 Å². The van der Waals surface area contributed by atoms with Gasteiger partial charge in [-0.25, -0.2) is 0 Å². The van der Waals surface area contributed by atoms with E-state index in [9.17, 15) is 0 Å². The summed E-state index contributed by atoms with van der Waals surface area (Å²) in [6.07, 6.45) is 6.44. The molecule has 0 fully saturated rings. The quantitative estimate of drug-likeness (QED) is 0.131. The van der Waals surface area contributed by atoms with Gasteiger partial charge >= 0.3 is 0 Å². The van der Waals surface area contributed by atoms with Gasteiger partial charge in [0.1, 0.15) is 0 Å². The van der Waals surface area contributed by atoms with Crippen LogP contribution in [0.15, 0.2) is 79.0 Å². The Hall–Kier alpha value is -3.32. The molecule has 0 spiro atoms. The van der Waals surface area contributed by atoms with Crippen LogP contribution in [0.4, 0.5) is 0 Å². The number of fused-ring (bicyclic) bond motifs is 5. The first kappa shape index (κ1) is 21.9. The number of hydrogen-bond acceptors (Lipinski definition) is 1. The number of pyridine rings is 1. The van der Waals surface area contributed by atoms with Crippen LogP contribution in [0.3, 0.4) is 0 Å². The van der Waals surface area contributed by atoms with Gasteiger partial charge in [-0.2, -0.15) is 0 Å². The Labute approximate surface area is 224 Å². The first-order chi connectivity index (χ1) is 17.3. The van der Waals surface area contributed by atoms with Crippen LogP contribution in [0.25, 0.3) is 54.7 Å². The van der Waals surface area contributed by atoms with Gasteiger partial charge in [-0.3, -0.25) is 0 Å². The number of benzene rings is 5. The van der Waals surface area contributed by atoms with Crippen molar-refractivity contribution in [1.29, 1.82) is 0 Å². The zero-order valence-electron chi connectivity index (χ0n) is 20.1. The van der Waals surface area contributed by atoms with Crippen molar-refractivity contribution in [2.45, 2.75) is 32.6 Å². The summed E-state index contributed by atoms with van der Waals surface area (Å²) in [6, 6.07) is 30.9. The standard InChI is InChI=1S/C34H24N.Ir/c1-20-19-35-34(30-16-15-28-27-8-3-2-5-21(27)13-14-29(28)31(20)30)26-17-24-11-9-22-6-4-7-23-10-12-25(18-26)33(24)32(22)23;/h2-8,13-17,19H,9-12H2,1H3;/q-1;. The van der Waals surface area contributed by atoms with Gasteiger partial charge in [0.25, 0.3) is 0 Å². The molecule has 8 rings (SSSR count). The third-order valence-corrected chi connectivity index (χ3v) is 8.24. The zero-order chi connectivity index (χ0) is 23.1. The second-order valence-electron chi connectivity index (χ2n) is 10.2. The summed E-state index contributed by atoms with van der Waals surface area (Å²) in [5, 5.41) is 7.75. The Bertz CT molecular complexity index is 1820. The van der Waals surface area contributed by atoms with E-state index in [0.29, 0.717) is 0 Å². The number of rotatable bonds is 1. The maximum absolute atomic E-state index is 5.00. The van der Waals surface area contributed by atoms with Crippen molar-refractivity contribution >= 4 is 32.3 Å². The third kappa shape index (κ3) is 3.01. The predicted molar refractivity (Wildman–Crippen MR) is 146 cm³/mol. The average molecular weight is 639 g/mol. The van der Waals surface area contributed by atoms with Crippen molar-refractivity contribution in [2.24, 2.45) is 0 Å². The fourth-order valence-electron chi connectivity index (χ4n) is 6.67. The molecule has 2 aliphatic carbocycles. The minimum Gasteiger partial charge on any atom is -0.304 e. The normalized spacial score (nSPS) is 13.6. The number of aryl methyl sites for hydroxylation is 5. The maximum atomic E-state index is 5.00. The van der Waals surface area contributed by atoms with Gasteiger partial charge in [0, 0.05) is 26.3 Å². The van der Waals surface area contributed by atoms with E-state index in [1.165, 1.54) is 71.3 Å². The number of aromatic nitrogens is 1. The first-order valence-electron chi connectivity index (χ1n) is 12.7. The molecule has 1 heterocycles. The molecule has 0 aliphatic heterocycles. The van der Waals surface area contributed by atoms with Crippen molar-refractivity contribution in [2.75, 3.05) is 0 Å². The van der Waals surface area contributed by atoms with Crippen molar-refractivity contribution < 1.29 is 20.1 Å². The van der Waals surface area contributed by atoms with E-state index in [4.69, 9.17) is 4.98 Å². The van der Waals surface area contributed by atoms with Crippen molar-refractivity contribution in [3.8, 4) is 22.4 Å². The molecule has 2 heteroatoms. The Kier molecular flexibility index (Phi) is 4.93. The van der Waals surface area contributed by atoms with E-state index in [1.54, 1.807) is 0 Å². The molecule has 0 saturated carbocycles. The molecule has 1 radical (unpaired) electrons. The molecule has 0 saturated heterocycles. The minimum atomic E-state index is 0. The molecule has 175 valence electrons. The molecule has 5 aromatic carbocycles. The van der Waals surface area contributed by atoms with Crippen LogP contribution in [0.1, 0.15) is 27.8 Å². The monoisotopic (exact) mass is 639 g/mol. The van der Waals surface area contributed by atoms with Gasteiger partial charge in [-0.05, 0) is 87.3 Å². The van der Waals surface area contributed by atoms with E-state index < -0.39 is 0 Å². The Morgan fingerprint density at radius 3 is 2.31 bits per heavy atom. The van der Waals surface area contributed by atoms with Crippen molar-refractivity contribution in [3.05, 3.63) is 113 Å². The molecule has 2 aliphatic rings. The third-order valence-electron chi connectivity index (χ3n) is 8.24. The molecule has 0 atom stereocenters. The average Bonchev–Trinajstić information content (AvgIpc) is 2.91. The number of nitrogens with zero attached hydrogens (tertiary/aromatic N) is 1. The van der Waals surface area contributed by atoms with Gasteiger partial charge in [-0.15, -0.1) is 28.8 Å². The maximum Gasteiger partial charge on any atom is 0.0196 e. The van der Waals surface area contributed by atoms with E-state index in [2.05, 4.69) is 92.0 Å². The Morgan fingerprint density at radius 2 is 1.42 bits per heavy atom. The van der Waals surface area contributed by atoms with Gasteiger partial charge in [0.2, 0.25) is 0 Å². The second kappa shape index (κ2) is 8.10. The molecule has 0 unspecified atom stereocenters. The molecule has 0 bridgehead atoms. The summed E-state index contributed by atoms with van der Waals surface area (Å²) in [6.45, 7) is 2.19. The fraction of sp³-hybridized carbons (Fsp3) is 0.147. The topological polar surface area (TPSA) is 12.9 Å². The van der Waals surface area contributed by atoms with Crippen LogP contribution in [0.2, 0.25) is 0 Å².